The Bertz CT molecular complexity index is 461. The number of hydrogen-bond acceptors (Lipinski definition) is 3. The number of carbonyl (C=O) groups is 1. The number of primary amides is 1. The van der Waals surface area contributed by atoms with Gasteiger partial charge in [-0.05, 0) is 37.5 Å². The van der Waals surface area contributed by atoms with Gasteiger partial charge in [-0.2, -0.15) is 0 Å². The van der Waals surface area contributed by atoms with E-state index in [0.29, 0.717) is 6.54 Å². The maximum absolute atomic E-state index is 11.5. The third kappa shape index (κ3) is 3.14. The van der Waals surface area contributed by atoms with Crippen molar-refractivity contribution in [2.45, 2.75) is 33.4 Å². The fourth-order valence-electron chi connectivity index (χ4n) is 2.88. The Hall–Kier alpha value is -1.39. The van der Waals surface area contributed by atoms with Crippen LogP contribution in [0.5, 0.6) is 0 Å². The summed E-state index contributed by atoms with van der Waals surface area (Å²) in [4.78, 5) is 13.7. The maximum atomic E-state index is 11.5. The first kappa shape index (κ1) is 14.0. The van der Waals surface area contributed by atoms with Crippen LogP contribution in [0.1, 0.15) is 22.3 Å². The first-order valence-corrected chi connectivity index (χ1v) is 6.80. The smallest absolute Gasteiger partial charge is 0.236 e. The molecule has 1 heterocycles. The van der Waals surface area contributed by atoms with Crippen LogP contribution in [0, 0.1) is 20.8 Å². The van der Waals surface area contributed by atoms with Crippen molar-refractivity contribution in [3.05, 3.63) is 34.4 Å². The Morgan fingerprint density at radius 1 is 1.37 bits per heavy atom. The number of nitrogens with zero attached hydrogens (tertiary/aromatic N) is 1. The molecule has 1 aliphatic heterocycles. The second-order valence-electron chi connectivity index (χ2n) is 5.47. The predicted molar refractivity (Wildman–Crippen MR) is 76.9 cm³/mol. The quantitative estimate of drug-likeness (QED) is 0.849. The minimum absolute atomic E-state index is 0.200. The van der Waals surface area contributed by atoms with Crippen LogP contribution < -0.4 is 11.1 Å². The average molecular weight is 261 g/mol. The van der Waals surface area contributed by atoms with Gasteiger partial charge in [0.25, 0.3) is 0 Å². The molecule has 0 spiro atoms. The molecule has 1 aromatic carbocycles. The minimum atomic E-state index is -0.241. The van der Waals surface area contributed by atoms with Crippen molar-refractivity contribution in [1.82, 2.24) is 10.2 Å². The molecule has 0 aliphatic carbocycles. The van der Waals surface area contributed by atoms with Crippen molar-refractivity contribution in [2.24, 2.45) is 5.73 Å². The molecule has 3 N–H and O–H groups in total. The van der Waals surface area contributed by atoms with Crippen molar-refractivity contribution >= 4 is 5.91 Å². The van der Waals surface area contributed by atoms with Crippen molar-refractivity contribution < 1.29 is 4.79 Å². The largest absolute Gasteiger partial charge is 0.368 e. The summed E-state index contributed by atoms with van der Waals surface area (Å²) in [5.74, 6) is -0.241. The van der Waals surface area contributed by atoms with Crippen LogP contribution in [0.15, 0.2) is 12.1 Å². The van der Waals surface area contributed by atoms with Gasteiger partial charge in [0.1, 0.15) is 6.04 Å². The predicted octanol–water partition coefficient (Wildman–Crippen LogP) is 0.871. The van der Waals surface area contributed by atoms with E-state index in [1.54, 1.807) is 0 Å². The van der Waals surface area contributed by atoms with Gasteiger partial charge in [-0.3, -0.25) is 9.69 Å². The fourth-order valence-corrected chi connectivity index (χ4v) is 2.88. The molecule has 4 nitrogen and oxygen atoms in total. The number of nitrogens with two attached hydrogens (primary N) is 1. The lowest BCUT2D eigenvalue weighted by Crippen LogP contribution is -2.56. The third-order valence-corrected chi connectivity index (χ3v) is 3.88. The molecule has 1 atom stereocenters. The summed E-state index contributed by atoms with van der Waals surface area (Å²) in [6, 6.07) is 4.20. The third-order valence-electron chi connectivity index (χ3n) is 3.88. The van der Waals surface area contributed by atoms with Gasteiger partial charge in [-0.1, -0.05) is 17.7 Å². The number of hydrogen-bond donors (Lipinski definition) is 2. The van der Waals surface area contributed by atoms with Gasteiger partial charge < -0.3 is 11.1 Å². The van der Waals surface area contributed by atoms with E-state index in [1.165, 1.54) is 22.3 Å². The van der Waals surface area contributed by atoms with E-state index in [1.807, 2.05) is 0 Å². The van der Waals surface area contributed by atoms with Crippen molar-refractivity contribution in [3.8, 4) is 0 Å². The molecule has 0 aromatic heterocycles. The molecule has 1 saturated heterocycles. The first-order chi connectivity index (χ1) is 8.99. The Balaban J connectivity index is 2.22. The molecule has 1 aliphatic rings. The van der Waals surface area contributed by atoms with Crippen LogP contribution in [-0.4, -0.2) is 36.5 Å². The van der Waals surface area contributed by atoms with Crippen LogP contribution >= 0.6 is 0 Å². The Kier molecular flexibility index (Phi) is 4.22. The van der Waals surface area contributed by atoms with E-state index in [0.717, 1.165) is 19.6 Å². The first-order valence-electron chi connectivity index (χ1n) is 6.80. The zero-order valence-corrected chi connectivity index (χ0v) is 12.0. The molecule has 1 unspecified atom stereocenters. The molecule has 0 radical (unpaired) electrons. The molecule has 1 fully saturated rings. The summed E-state index contributed by atoms with van der Waals surface area (Å²) in [5.41, 5.74) is 10.7. The van der Waals surface area contributed by atoms with Gasteiger partial charge in [-0.15, -0.1) is 0 Å². The van der Waals surface area contributed by atoms with E-state index in [9.17, 15) is 4.79 Å². The van der Waals surface area contributed by atoms with E-state index < -0.39 is 0 Å². The van der Waals surface area contributed by atoms with Crippen LogP contribution in [0.25, 0.3) is 0 Å². The highest BCUT2D eigenvalue weighted by Crippen LogP contribution is 2.20. The van der Waals surface area contributed by atoms with E-state index in [-0.39, 0.29) is 11.9 Å². The second kappa shape index (κ2) is 5.72. The SMILES string of the molecule is Cc1cc(C)c(CN2CCNCC2C(N)=O)c(C)c1. The number of piperazine rings is 1. The number of carbonyl (C=O) groups excluding carboxylic acids is 1. The monoisotopic (exact) mass is 261 g/mol. The molecule has 4 heteroatoms. The molecule has 2 rings (SSSR count). The van der Waals surface area contributed by atoms with Crippen LogP contribution in [0.2, 0.25) is 0 Å². The number of benzene rings is 1. The molecule has 19 heavy (non-hydrogen) atoms. The van der Waals surface area contributed by atoms with Gasteiger partial charge >= 0.3 is 0 Å². The zero-order valence-electron chi connectivity index (χ0n) is 12.0. The van der Waals surface area contributed by atoms with Crippen molar-refractivity contribution in [1.29, 1.82) is 0 Å². The number of nitrogens with one attached hydrogen (secondary N) is 1. The van der Waals surface area contributed by atoms with Crippen molar-refractivity contribution in [3.63, 3.8) is 0 Å². The highest BCUT2D eigenvalue weighted by atomic mass is 16.1. The summed E-state index contributed by atoms with van der Waals surface area (Å²) in [5, 5.41) is 3.23. The Morgan fingerprint density at radius 2 is 2.00 bits per heavy atom. The average Bonchev–Trinajstić information content (AvgIpc) is 2.34. The topological polar surface area (TPSA) is 58.4 Å². The van der Waals surface area contributed by atoms with Gasteiger partial charge in [0.15, 0.2) is 0 Å². The summed E-state index contributed by atoms with van der Waals surface area (Å²) < 4.78 is 0. The van der Waals surface area contributed by atoms with Crippen LogP contribution in [0.3, 0.4) is 0 Å². The van der Waals surface area contributed by atoms with Crippen LogP contribution in [0.4, 0.5) is 0 Å². The van der Waals surface area contributed by atoms with Gasteiger partial charge in [-0.25, -0.2) is 0 Å². The molecule has 1 aromatic rings. The highest BCUT2D eigenvalue weighted by molar-refractivity contribution is 5.80. The lowest BCUT2D eigenvalue weighted by Gasteiger charge is -2.34. The normalized spacial score (nSPS) is 20.5. The molecular formula is C15H23N3O. The van der Waals surface area contributed by atoms with Crippen LogP contribution in [-0.2, 0) is 11.3 Å². The van der Waals surface area contributed by atoms with E-state index >= 15 is 0 Å². The second-order valence-corrected chi connectivity index (χ2v) is 5.47. The molecule has 0 saturated carbocycles. The lowest BCUT2D eigenvalue weighted by atomic mass is 9.98. The number of aryl methyl sites for hydroxylation is 3. The number of amides is 1. The molecule has 0 bridgehead atoms. The molecule has 104 valence electrons. The molecular weight excluding hydrogens is 238 g/mol. The van der Waals surface area contributed by atoms with E-state index in [2.05, 4.69) is 43.1 Å². The molecule has 1 amide bonds. The van der Waals surface area contributed by atoms with Gasteiger partial charge in [0, 0.05) is 26.2 Å². The lowest BCUT2D eigenvalue weighted by molar-refractivity contribution is -0.124. The van der Waals surface area contributed by atoms with Gasteiger partial charge in [0.2, 0.25) is 5.91 Å². The summed E-state index contributed by atoms with van der Waals surface area (Å²) in [6.45, 7) is 9.61. The van der Waals surface area contributed by atoms with E-state index in [4.69, 9.17) is 5.73 Å². The summed E-state index contributed by atoms with van der Waals surface area (Å²) in [6.07, 6.45) is 0. The number of rotatable bonds is 3. The maximum Gasteiger partial charge on any atom is 0.236 e. The summed E-state index contributed by atoms with van der Waals surface area (Å²) >= 11 is 0. The van der Waals surface area contributed by atoms with Gasteiger partial charge in [0.05, 0.1) is 0 Å². The zero-order chi connectivity index (χ0) is 14.0. The Labute approximate surface area is 115 Å². The highest BCUT2D eigenvalue weighted by Gasteiger charge is 2.27. The Morgan fingerprint density at radius 3 is 2.58 bits per heavy atom. The fraction of sp³-hybridized carbons (Fsp3) is 0.533. The minimum Gasteiger partial charge on any atom is -0.368 e. The standard InChI is InChI=1S/C15H23N3O/c1-10-6-11(2)13(12(3)7-10)9-18-5-4-17-8-14(18)15(16)19/h6-7,14,17H,4-5,8-9H2,1-3H3,(H2,16,19). The van der Waals surface area contributed by atoms with Crippen molar-refractivity contribution in [2.75, 3.05) is 19.6 Å². The summed E-state index contributed by atoms with van der Waals surface area (Å²) in [7, 11) is 0.